The second-order valence-corrected chi connectivity index (χ2v) is 6.15. The molecule has 1 aliphatic heterocycles. The minimum Gasteiger partial charge on any atom is -0.396 e. The molecule has 0 saturated carbocycles. The van der Waals surface area contributed by atoms with Crippen LogP contribution in [0.3, 0.4) is 0 Å². The lowest BCUT2D eigenvalue weighted by Gasteiger charge is -2.33. The fourth-order valence-corrected chi connectivity index (χ4v) is 3.07. The second kappa shape index (κ2) is 6.40. The maximum absolute atomic E-state index is 12.9. The number of amides is 1. The molecule has 20 heavy (non-hydrogen) atoms. The molecule has 3 heteroatoms. The molecule has 3 nitrogen and oxygen atoms in total. The molecule has 1 atom stereocenters. The van der Waals surface area contributed by atoms with Gasteiger partial charge in [0.1, 0.15) is 0 Å². The molecule has 1 amide bonds. The van der Waals surface area contributed by atoms with Crippen LogP contribution in [-0.2, 0) is 10.2 Å². The van der Waals surface area contributed by atoms with E-state index in [4.69, 9.17) is 5.11 Å². The van der Waals surface area contributed by atoms with Gasteiger partial charge in [0.25, 0.3) is 0 Å². The first-order valence-electron chi connectivity index (χ1n) is 7.55. The molecule has 0 aliphatic carbocycles. The maximum Gasteiger partial charge on any atom is 0.232 e. The van der Waals surface area contributed by atoms with Crippen molar-refractivity contribution in [1.29, 1.82) is 0 Å². The predicted octanol–water partition coefficient (Wildman–Crippen LogP) is 2.73. The Morgan fingerprint density at radius 2 is 2.05 bits per heavy atom. The van der Waals surface area contributed by atoms with Crippen LogP contribution in [0.4, 0.5) is 0 Å². The third-order valence-electron chi connectivity index (χ3n) is 4.36. The van der Waals surface area contributed by atoms with Crippen molar-refractivity contribution in [3.63, 3.8) is 0 Å². The Kier molecular flexibility index (Phi) is 4.81. The molecule has 0 spiro atoms. The van der Waals surface area contributed by atoms with Gasteiger partial charge in [-0.25, -0.2) is 0 Å². The van der Waals surface area contributed by atoms with E-state index in [0.29, 0.717) is 6.04 Å². The molecule has 1 unspecified atom stereocenters. The fourth-order valence-electron chi connectivity index (χ4n) is 3.07. The van der Waals surface area contributed by atoms with E-state index in [1.807, 2.05) is 49.1 Å². The summed E-state index contributed by atoms with van der Waals surface area (Å²) in [6.07, 6.45) is 3.83. The number of hydrogen-bond acceptors (Lipinski definition) is 2. The van der Waals surface area contributed by atoms with Gasteiger partial charge in [0.2, 0.25) is 5.91 Å². The van der Waals surface area contributed by atoms with Crippen LogP contribution >= 0.6 is 0 Å². The van der Waals surface area contributed by atoms with Gasteiger partial charge in [-0.15, -0.1) is 0 Å². The van der Waals surface area contributed by atoms with E-state index in [9.17, 15) is 4.79 Å². The smallest absolute Gasteiger partial charge is 0.232 e. The molecule has 0 radical (unpaired) electrons. The second-order valence-electron chi connectivity index (χ2n) is 6.15. The van der Waals surface area contributed by atoms with Crippen molar-refractivity contribution >= 4 is 5.91 Å². The Hall–Kier alpha value is -1.35. The summed E-state index contributed by atoms with van der Waals surface area (Å²) in [5, 5.41) is 8.99. The molecule has 1 aliphatic rings. The Bertz CT molecular complexity index is 442. The minimum atomic E-state index is -0.483. The first kappa shape index (κ1) is 15.0. The number of carbonyl (C=O) groups is 1. The van der Waals surface area contributed by atoms with Crippen molar-refractivity contribution in [1.82, 2.24) is 4.90 Å². The summed E-state index contributed by atoms with van der Waals surface area (Å²) in [7, 11) is 0. The number of benzene rings is 1. The summed E-state index contributed by atoms with van der Waals surface area (Å²) in [6.45, 7) is 5.07. The van der Waals surface area contributed by atoms with E-state index < -0.39 is 5.41 Å². The molecule has 1 saturated heterocycles. The third-order valence-corrected chi connectivity index (χ3v) is 4.36. The number of nitrogens with zero attached hydrogens (tertiary/aromatic N) is 1. The predicted molar refractivity (Wildman–Crippen MR) is 80.5 cm³/mol. The van der Waals surface area contributed by atoms with E-state index in [1.165, 1.54) is 0 Å². The lowest BCUT2D eigenvalue weighted by Crippen LogP contribution is -2.45. The summed E-state index contributed by atoms with van der Waals surface area (Å²) in [4.78, 5) is 14.9. The van der Waals surface area contributed by atoms with Crippen molar-refractivity contribution in [3.8, 4) is 0 Å². The molecular weight excluding hydrogens is 250 g/mol. The first-order valence-corrected chi connectivity index (χ1v) is 7.55. The lowest BCUT2D eigenvalue weighted by atomic mass is 9.83. The number of hydrogen-bond donors (Lipinski definition) is 1. The van der Waals surface area contributed by atoms with Crippen molar-refractivity contribution in [2.75, 3.05) is 13.2 Å². The summed E-state index contributed by atoms with van der Waals surface area (Å²) in [5.41, 5.74) is 0.584. The highest BCUT2D eigenvalue weighted by Crippen LogP contribution is 2.30. The van der Waals surface area contributed by atoms with Crippen molar-refractivity contribution in [2.45, 2.75) is 51.0 Å². The average molecular weight is 275 g/mol. The molecule has 2 rings (SSSR count). The van der Waals surface area contributed by atoms with E-state index in [1.54, 1.807) is 0 Å². The molecule has 0 bridgehead atoms. The highest BCUT2D eigenvalue weighted by molar-refractivity contribution is 5.87. The molecule has 1 fully saturated rings. The highest BCUT2D eigenvalue weighted by atomic mass is 16.3. The highest BCUT2D eigenvalue weighted by Gasteiger charge is 2.38. The molecule has 1 heterocycles. The quantitative estimate of drug-likeness (QED) is 0.897. The van der Waals surface area contributed by atoms with Crippen LogP contribution in [0.2, 0.25) is 0 Å². The molecule has 1 N–H and O–H groups in total. The summed E-state index contributed by atoms with van der Waals surface area (Å²) in [6, 6.07) is 10.3. The Labute approximate surface area is 121 Å². The number of aliphatic hydroxyl groups excluding tert-OH is 1. The summed E-state index contributed by atoms with van der Waals surface area (Å²) >= 11 is 0. The van der Waals surface area contributed by atoms with Gasteiger partial charge in [-0.05, 0) is 45.1 Å². The van der Waals surface area contributed by atoms with Crippen LogP contribution in [0, 0.1) is 0 Å². The van der Waals surface area contributed by atoms with E-state index in [0.717, 1.165) is 37.8 Å². The van der Waals surface area contributed by atoms with Gasteiger partial charge >= 0.3 is 0 Å². The zero-order chi connectivity index (χ0) is 14.6. The van der Waals surface area contributed by atoms with E-state index >= 15 is 0 Å². The summed E-state index contributed by atoms with van der Waals surface area (Å²) in [5.74, 6) is 0.212. The molecule has 1 aromatic carbocycles. The largest absolute Gasteiger partial charge is 0.396 e. The number of aliphatic hydroxyl groups is 1. The third kappa shape index (κ3) is 3.04. The minimum absolute atomic E-state index is 0.209. The van der Waals surface area contributed by atoms with Crippen LogP contribution in [0.15, 0.2) is 30.3 Å². The standard InChI is InChI=1S/C17H25NO2/c1-17(2,14-8-4-3-5-9-14)16(20)18-12-6-10-15(18)11-7-13-19/h3-5,8-9,15,19H,6-7,10-13H2,1-2H3. The topological polar surface area (TPSA) is 40.5 Å². The van der Waals surface area contributed by atoms with Gasteiger partial charge in [0.15, 0.2) is 0 Å². The number of likely N-dealkylation sites (tertiary alicyclic amines) is 1. The monoisotopic (exact) mass is 275 g/mol. The lowest BCUT2D eigenvalue weighted by molar-refractivity contribution is -0.137. The number of rotatable bonds is 5. The van der Waals surface area contributed by atoms with Gasteiger partial charge in [0.05, 0.1) is 5.41 Å². The van der Waals surface area contributed by atoms with Crippen LogP contribution in [0.5, 0.6) is 0 Å². The van der Waals surface area contributed by atoms with E-state index in [2.05, 4.69) is 0 Å². The molecule has 0 aromatic heterocycles. The number of carbonyl (C=O) groups excluding carboxylic acids is 1. The van der Waals surface area contributed by atoms with Crippen LogP contribution in [0.1, 0.15) is 45.1 Å². The van der Waals surface area contributed by atoms with Gasteiger partial charge in [-0.2, -0.15) is 0 Å². The molecule has 110 valence electrons. The van der Waals surface area contributed by atoms with E-state index in [-0.39, 0.29) is 12.5 Å². The van der Waals surface area contributed by atoms with Crippen molar-refractivity contribution < 1.29 is 9.90 Å². The Morgan fingerprint density at radius 1 is 1.35 bits per heavy atom. The van der Waals surface area contributed by atoms with Crippen LogP contribution < -0.4 is 0 Å². The zero-order valence-electron chi connectivity index (χ0n) is 12.5. The summed E-state index contributed by atoms with van der Waals surface area (Å²) < 4.78 is 0. The Balaban J connectivity index is 2.13. The van der Waals surface area contributed by atoms with Crippen molar-refractivity contribution in [3.05, 3.63) is 35.9 Å². The normalized spacial score (nSPS) is 19.4. The SMILES string of the molecule is CC(C)(C(=O)N1CCCC1CCCO)c1ccccc1. The molecular formula is C17H25NO2. The first-order chi connectivity index (χ1) is 9.57. The average Bonchev–Trinajstić information content (AvgIpc) is 2.93. The zero-order valence-corrected chi connectivity index (χ0v) is 12.5. The maximum atomic E-state index is 12.9. The van der Waals surface area contributed by atoms with Gasteiger partial charge < -0.3 is 10.0 Å². The molecule has 1 aromatic rings. The van der Waals surface area contributed by atoms with Gasteiger partial charge in [-0.3, -0.25) is 4.79 Å². The van der Waals surface area contributed by atoms with Gasteiger partial charge in [-0.1, -0.05) is 30.3 Å². The van der Waals surface area contributed by atoms with Crippen LogP contribution in [0.25, 0.3) is 0 Å². The fraction of sp³-hybridized carbons (Fsp3) is 0.588. The van der Waals surface area contributed by atoms with Crippen LogP contribution in [-0.4, -0.2) is 35.1 Å². The Morgan fingerprint density at radius 3 is 2.70 bits per heavy atom. The van der Waals surface area contributed by atoms with Crippen molar-refractivity contribution in [2.24, 2.45) is 0 Å². The van der Waals surface area contributed by atoms with Gasteiger partial charge in [0, 0.05) is 19.2 Å².